The fraction of sp³-hybridized carbons (Fsp3) is 0.214. The van der Waals surface area contributed by atoms with E-state index in [0.29, 0.717) is 21.6 Å². The molecular weight excluding hydrogens is 476 g/mol. The maximum atomic E-state index is 13.1. The molecule has 1 aromatic heterocycles. The predicted molar refractivity (Wildman–Crippen MR) is 141 cm³/mol. The minimum absolute atomic E-state index is 0.106. The zero-order chi connectivity index (χ0) is 25.1. The molecule has 1 aliphatic rings. The number of amides is 2. The highest BCUT2D eigenvalue weighted by Crippen LogP contribution is 2.33. The molecule has 184 valence electrons. The molecule has 2 heterocycles. The van der Waals surface area contributed by atoms with Crippen molar-refractivity contribution in [1.29, 1.82) is 0 Å². The third-order valence-corrected chi connectivity index (χ3v) is 6.66. The summed E-state index contributed by atoms with van der Waals surface area (Å²) in [5.74, 6) is -1.22. The van der Waals surface area contributed by atoms with Crippen molar-refractivity contribution in [3.05, 3.63) is 100 Å². The molecule has 1 aliphatic heterocycles. The number of carbonyl (C=O) groups excluding carboxylic acids is 2. The Balaban J connectivity index is 1.24. The maximum Gasteiger partial charge on any atom is 0.286 e. The van der Waals surface area contributed by atoms with Gasteiger partial charge in [-0.15, -0.1) is 0 Å². The smallest absolute Gasteiger partial charge is 0.286 e. The molecule has 0 bridgehead atoms. The fourth-order valence-electron chi connectivity index (χ4n) is 4.57. The molecule has 3 N–H and O–H groups in total. The Hall–Kier alpha value is -3.65. The Bertz CT molecular complexity index is 1390. The highest BCUT2D eigenvalue weighted by molar-refractivity contribution is 6.31. The second kappa shape index (κ2) is 10.5. The Labute approximate surface area is 214 Å². The first kappa shape index (κ1) is 24.1. The summed E-state index contributed by atoms with van der Waals surface area (Å²) in [5.41, 5.74) is 9.00. The molecule has 8 heteroatoms. The van der Waals surface area contributed by atoms with E-state index < -0.39 is 5.91 Å². The van der Waals surface area contributed by atoms with Gasteiger partial charge in [0.05, 0.1) is 0 Å². The third-order valence-electron chi connectivity index (χ3n) is 6.42. The lowest BCUT2D eigenvalue weighted by molar-refractivity contribution is 0.0977. The standard InChI is InChI=1S/C28H27ClN4O3/c29-22-9-10-23-24(16-22)36-26(27(30)34)25(23)31-28(35)21-8-4-7-20(15-21)18-33-13-11-32(12-14-33)17-19-5-2-1-3-6-19/h1-10,15-16H,11-14,17-18H2,(H2,30,34)(H,31,35). The van der Waals surface area contributed by atoms with E-state index in [-0.39, 0.29) is 17.4 Å². The average Bonchev–Trinajstić information content (AvgIpc) is 3.23. The summed E-state index contributed by atoms with van der Waals surface area (Å²) in [4.78, 5) is 29.9. The molecule has 3 aromatic carbocycles. The minimum Gasteiger partial charge on any atom is -0.449 e. The van der Waals surface area contributed by atoms with Crippen LogP contribution < -0.4 is 11.1 Å². The number of rotatable bonds is 7. The number of primary amides is 1. The van der Waals surface area contributed by atoms with Gasteiger partial charge in [0.25, 0.3) is 11.8 Å². The lowest BCUT2D eigenvalue weighted by atomic mass is 10.1. The van der Waals surface area contributed by atoms with Gasteiger partial charge in [-0.2, -0.15) is 0 Å². The zero-order valence-corrected chi connectivity index (χ0v) is 20.5. The van der Waals surface area contributed by atoms with Gasteiger partial charge in [0.2, 0.25) is 5.76 Å². The second-order valence-electron chi connectivity index (χ2n) is 9.00. The quantitative estimate of drug-likeness (QED) is 0.380. The summed E-state index contributed by atoms with van der Waals surface area (Å²) in [6.45, 7) is 5.67. The van der Waals surface area contributed by atoms with Gasteiger partial charge >= 0.3 is 0 Å². The lowest BCUT2D eigenvalue weighted by Crippen LogP contribution is -2.45. The van der Waals surface area contributed by atoms with Crippen LogP contribution in [0.25, 0.3) is 11.0 Å². The summed E-state index contributed by atoms with van der Waals surface area (Å²) in [6, 6.07) is 23.0. The average molecular weight is 503 g/mol. The predicted octanol–water partition coefficient (Wildman–Crippen LogP) is 4.76. The lowest BCUT2D eigenvalue weighted by Gasteiger charge is -2.34. The van der Waals surface area contributed by atoms with E-state index in [0.717, 1.165) is 44.8 Å². The van der Waals surface area contributed by atoms with Crippen LogP contribution >= 0.6 is 11.6 Å². The first-order valence-electron chi connectivity index (χ1n) is 11.9. The van der Waals surface area contributed by atoms with Crippen LogP contribution in [-0.4, -0.2) is 47.8 Å². The van der Waals surface area contributed by atoms with Crippen molar-refractivity contribution in [3.63, 3.8) is 0 Å². The van der Waals surface area contributed by atoms with Gasteiger partial charge in [-0.05, 0) is 35.4 Å². The van der Waals surface area contributed by atoms with E-state index in [4.69, 9.17) is 21.8 Å². The molecule has 7 nitrogen and oxygen atoms in total. The zero-order valence-electron chi connectivity index (χ0n) is 19.7. The van der Waals surface area contributed by atoms with Gasteiger partial charge in [0.15, 0.2) is 0 Å². The third kappa shape index (κ3) is 5.44. The number of nitrogens with two attached hydrogens (primary N) is 1. The van der Waals surface area contributed by atoms with Crippen LogP contribution in [0.5, 0.6) is 0 Å². The molecule has 0 unspecified atom stereocenters. The molecule has 5 rings (SSSR count). The highest BCUT2D eigenvalue weighted by atomic mass is 35.5. The van der Waals surface area contributed by atoms with Gasteiger partial charge in [0, 0.05) is 61.3 Å². The highest BCUT2D eigenvalue weighted by Gasteiger charge is 2.22. The van der Waals surface area contributed by atoms with Gasteiger partial charge in [-0.25, -0.2) is 0 Å². The van der Waals surface area contributed by atoms with Crippen LogP contribution in [0.2, 0.25) is 5.02 Å². The Morgan fingerprint density at radius 3 is 2.22 bits per heavy atom. The normalized spacial score (nSPS) is 14.7. The SMILES string of the molecule is NC(=O)c1oc2cc(Cl)ccc2c1NC(=O)c1cccc(CN2CCN(Cc3ccccc3)CC2)c1. The van der Waals surface area contributed by atoms with Crippen molar-refractivity contribution >= 4 is 40.1 Å². The molecule has 2 amide bonds. The topological polar surface area (TPSA) is 91.8 Å². The van der Waals surface area contributed by atoms with Crippen molar-refractivity contribution in [1.82, 2.24) is 9.80 Å². The first-order chi connectivity index (χ1) is 17.5. The number of halogens is 1. The largest absolute Gasteiger partial charge is 0.449 e. The van der Waals surface area contributed by atoms with Crippen LogP contribution in [0, 0.1) is 0 Å². The molecule has 0 saturated carbocycles. The number of nitrogens with one attached hydrogen (secondary N) is 1. The van der Waals surface area contributed by atoms with Crippen LogP contribution in [-0.2, 0) is 13.1 Å². The number of anilines is 1. The summed E-state index contributed by atoms with van der Waals surface area (Å²) >= 11 is 6.03. The van der Waals surface area contributed by atoms with Crippen molar-refractivity contribution in [2.24, 2.45) is 5.73 Å². The van der Waals surface area contributed by atoms with E-state index in [1.54, 1.807) is 24.3 Å². The van der Waals surface area contributed by atoms with Gasteiger partial charge in [0.1, 0.15) is 11.3 Å². The Morgan fingerprint density at radius 1 is 0.861 bits per heavy atom. The van der Waals surface area contributed by atoms with Crippen LogP contribution in [0.15, 0.2) is 77.2 Å². The Kier molecular flexibility index (Phi) is 7.04. The van der Waals surface area contributed by atoms with Crippen molar-refractivity contribution < 1.29 is 14.0 Å². The number of piperazine rings is 1. The number of carbonyl (C=O) groups is 2. The number of nitrogens with zero attached hydrogens (tertiary/aromatic N) is 2. The van der Waals surface area contributed by atoms with Crippen LogP contribution in [0.1, 0.15) is 32.0 Å². The summed E-state index contributed by atoms with van der Waals surface area (Å²) in [5, 5.41) is 3.83. The first-order valence-corrected chi connectivity index (χ1v) is 12.2. The summed E-state index contributed by atoms with van der Waals surface area (Å²) in [6.07, 6.45) is 0. The molecule has 0 radical (unpaired) electrons. The van der Waals surface area contributed by atoms with Crippen molar-refractivity contribution in [2.45, 2.75) is 13.1 Å². The molecule has 0 spiro atoms. The molecule has 1 fully saturated rings. The molecule has 1 saturated heterocycles. The van der Waals surface area contributed by atoms with Gasteiger partial charge in [-0.1, -0.05) is 54.1 Å². The molecule has 0 atom stereocenters. The van der Waals surface area contributed by atoms with Crippen molar-refractivity contribution in [3.8, 4) is 0 Å². The summed E-state index contributed by atoms with van der Waals surface area (Å²) < 4.78 is 5.56. The number of furan rings is 1. The van der Waals surface area contributed by atoms with E-state index in [2.05, 4.69) is 39.4 Å². The minimum atomic E-state index is -0.766. The maximum absolute atomic E-state index is 13.1. The molecule has 36 heavy (non-hydrogen) atoms. The van der Waals surface area contributed by atoms with E-state index >= 15 is 0 Å². The second-order valence-corrected chi connectivity index (χ2v) is 9.44. The number of hydrogen-bond acceptors (Lipinski definition) is 5. The van der Waals surface area contributed by atoms with Gasteiger partial charge < -0.3 is 15.5 Å². The Morgan fingerprint density at radius 2 is 1.53 bits per heavy atom. The fourth-order valence-corrected chi connectivity index (χ4v) is 4.73. The van der Waals surface area contributed by atoms with Gasteiger partial charge in [-0.3, -0.25) is 19.4 Å². The molecule has 4 aromatic rings. The number of fused-ring (bicyclic) bond motifs is 1. The molecular formula is C28H27ClN4O3. The van der Waals surface area contributed by atoms with E-state index in [1.807, 2.05) is 24.3 Å². The number of benzene rings is 3. The van der Waals surface area contributed by atoms with E-state index in [1.165, 1.54) is 5.56 Å². The van der Waals surface area contributed by atoms with Crippen LogP contribution in [0.4, 0.5) is 5.69 Å². The molecule has 0 aliphatic carbocycles. The number of hydrogen-bond donors (Lipinski definition) is 2. The van der Waals surface area contributed by atoms with E-state index in [9.17, 15) is 9.59 Å². The monoisotopic (exact) mass is 502 g/mol. The summed E-state index contributed by atoms with van der Waals surface area (Å²) in [7, 11) is 0. The van der Waals surface area contributed by atoms with Crippen molar-refractivity contribution in [2.75, 3.05) is 31.5 Å². The van der Waals surface area contributed by atoms with Crippen LogP contribution in [0.3, 0.4) is 0 Å².